The molecule has 1 N–H and O–H groups in total. The number of sulfonamides is 1. The second-order valence-electron chi connectivity index (χ2n) is 9.75. The number of imidazole rings is 1. The van der Waals surface area contributed by atoms with Gasteiger partial charge in [0.2, 0.25) is 16.0 Å². The van der Waals surface area contributed by atoms with E-state index >= 15 is 0 Å². The van der Waals surface area contributed by atoms with Crippen molar-refractivity contribution in [3.8, 4) is 5.82 Å². The zero-order valence-electron chi connectivity index (χ0n) is 20.7. The maximum absolute atomic E-state index is 14.1. The summed E-state index contributed by atoms with van der Waals surface area (Å²) in [5, 5.41) is 3.40. The topological polar surface area (TPSA) is 105 Å². The number of nitrogens with zero attached hydrogens (tertiary/aromatic N) is 6. The van der Waals surface area contributed by atoms with Gasteiger partial charge in [0.25, 0.3) is 6.43 Å². The monoisotopic (exact) mass is 545 g/mol. The molecule has 0 atom stereocenters. The van der Waals surface area contributed by atoms with Crippen LogP contribution < -0.4 is 10.2 Å². The third kappa shape index (κ3) is 4.80. The van der Waals surface area contributed by atoms with Crippen LogP contribution in [0, 0.1) is 0 Å². The molecule has 0 radical (unpaired) electrons. The molecule has 0 unspecified atom stereocenters. The number of hydrogen-bond donors (Lipinski definition) is 1. The van der Waals surface area contributed by atoms with E-state index in [1.165, 1.54) is 8.87 Å². The Balaban J connectivity index is 1.31. The standard InChI is InChI=1S/C25H29F2N7O3S/c26-23(27)24-29-19-4-1-2-5-20(19)34(24)22-16-21(32-11-13-37-14-12-32)30-25(31-22)28-17-6-8-18(9-7-17)33-10-3-15-38(33,35)36/h1-5,10,16-18,23H,6-9,11-15H2,(H,28,30,31)/t17-,18-. The number of benzene rings is 1. The number of anilines is 2. The molecule has 4 heterocycles. The minimum absolute atomic E-state index is 0.0300. The SMILES string of the molecule is O=S1(=O)CC=CN1[C@H]1CC[C@H](Nc2nc(N3CCOCC3)cc(-n3c(C(F)F)nc4ccccc43)n2)CC1. The first-order valence-corrected chi connectivity index (χ1v) is 14.4. The van der Waals surface area contributed by atoms with E-state index in [1.807, 2.05) is 0 Å². The highest BCUT2D eigenvalue weighted by Gasteiger charge is 2.33. The minimum Gasteiger partial charge on any atom is -0.378 e. The molecule has 2 aromatic heterocycles. The largest absolute Gasteiger partial charge is 0.378 e. The van der Waals surface area contributed by atoms with Crippen molar-refractivity contribution in [1.29, 1.82) is 0 Å². The molecule has 1 saturated heterocycles. The number of para-hydroxylation sites is 2. The van der Waals surface area contributed by atoms with Crippen LogP contribution in [0.15, 0.2) is 42.6 Å². The van der Waals surface area contributed by atoms with Gasteiger partial charge in [0.15, 0.2) is 5.82 Å². The van der Waals surface area contributed by atoms with Crippen LogP contribution in [0.1, 0.15) is 37.9 Å². The lowest BCUT2D eigenvalue weighted by Crippen LogP contribution is -2.40. The van der Waals surface area contributed by atoms with Crippen LogP contribution in [0.2, 0.25) is 0 Å². The summed E-state index contributed by atoms with van der Waals surface area (Å²) in [4.78, 5) is 15.6. The maximum Gasteiger partial charge on any atom is 0.296 e. The number of nitrogens with one attached hydrogen (secondary N) is 1. The highest BCUT2D eigenvalue weighted by Crippen LogP contribution is 2.31. The van der Waals surface area contributed by atoms with E-state index in [-0.39, 0.29) is 23.7 Å². The van der Waals surface area contributed by atoms with Crippen molar-refractivity contribution >= 4 is 32.8 Å². The molecular weight excluding hydrogens is 516 g/mol. The van der Waals surface area contributed by atoms with Crippen molar-refractivity contribution in [1.82, 2.24) is 23.8 Å². The van der Waals surface area contributed by atoms with Gasteiger partial charge in [-0.25, -0.2) is 22.2 Å². The van der Waals surface area contributed by atoms with E-state index < -0.39 is 16.4 Å². The van der Waals surface area contributed by atoms with Crippen molar-refractivity contribution in [2.45, 2.75) is 44.2 Å². The summed E-state index contributed by atoms with van der Waals surface area (Å²) in [6.45, 7) is 2.36. The predicted molar refractivity (Wildman–Crippen MR) is 139 cm³/mol. The quantitative estimate of drug-likeness (QED) is 0.502. The summed E-state index contributed by atoms with van der Waals surface area (Å²) < 4.78 is 61.1. The molecule has 0 bridgehead atoms. The van der Waals surface area contributed by atoms with Crippen LogP contribution >= 0.6 is 0 Å². The fourth-order valence-corrected chi connectivity index (χ4v) is 6.88. The van der Waals surface area contributed by atoms with Crippen molar-refractivity contribution in [2.24, 2.45) is 0 Å². The third-order valence-corrected chi connectivity index (χ3v) is 8.99. The van der Waals surface area contributed by atoms with Crippen LogP contribution in [-0.4, -0.2) is 76.4 Å². The number of hydrogen-bond acceptors (Lipinski definition) is 8. The lowest BCUT2D eigenvalue weighted by Gasteiger charge is -2.34. The Bertz CT molecular complexity index is 1450. The normalized spacial score (nSPS) is 23.4. The van der Waals surface area contributed by atoms with Crippen molar-refractivity contribution in [2.75, 3.05) is 42.3 Å². The van der Waals surface area contributed by atoms with Crippen molar-refractivity contribution in [3.63, 3.8) is 0 Å². The van der Waals surface area contributed by atoms with E-state index in [2.05, 4.69) is 20.2 Å². The van der Waals surface area contributed by atoms with Gasteiger partial charge in [-0.05, 0) is 37.8 Å². The minimum atomic E-state index is -3.25. The van der Waals surface area contributed by atoms with Crippen LogP contribution in [0.3, 0.4) is 0 Å². The van der Waals surface area contributed by atoms with Gasteiger partial charge in [-0.15, -0.1) is 0 Å². The van der Waals surface area contributed by atoms with Crippen LogP contribution in [0.25, 0.3) is 16.9 Å². The van der Waals surface area contributed by atoms with E-state index in [0.29, 0.717) is 67.8 Å². The second kappa shape index (κ2) is 10.1. The average molecular weight is 546 g/mol. The number of aromatic nitrogens is 4. The van der Waals surface area contributed by atoms with Gasteiger partial charge in [0.1, 0.15) is 11.6 Å². The van der Waals surface area contributed by atoms with E-state index in [1.54, 1.807) is 42.6 Å². The van der Waals surface area contributed by atoms with Crippen molar-refractivity contribution < 1.29 is 21.9 Å². The predicted octanol–water partition coefficient (Wildman–Crippen LogP) is 3.47. The fourth-order valence-electron chi connectivity index (χ4n) is 5.44. The highest BCUT2D eigenvalue weighted by atomic mass is 32.2. The molecule has 1 aromatic carbocycles. The van der Waals surface area contributed by atoms with E-state index in [4.69, 9.17) is 9.72 Å². The van der Waals surface area contributed by atoms with Gasteiger partial charge < -0.3 is 15.0 Å². The van der Waals surface area contributed by atoms with E-state index in [9.17, 15) is 17.2 Å². The van der Waals surface area contributed by atoms with Gasteiger partial charge in [-0.1, -0.05) is 18.2 Å². The Kier molecular flexibility index (Phi) is 6.64. The summed E-state index contributed by atoms with van der Waals surface area (Å²) in [6, 6.07) is 8.70. The Morgan fingerprint density at radius 2 is 1.74 bits per heavy atom. The number of rotatable bonds is 6. The van der Waals surface area contributed by atoms with Crippen molar-refractivity contribution in [3.05, 3.63) is 48.4 Å². The average Bonchev–Trinajstić information content (AvgIpc) is 3.49. The lowest BCUT2D eigenvalue weighted by atomic mass is 9.91. The van der Waals surface area contributed by atoms with Gasteiger partial charge in [0.05, 0.1) is 30.0 Å². The Labute approximate surface area is 219 Å². The Morgan fingerprint density at radius 3 is 2.45 bits per heavy atom. The molecule has 2 fully saturated rings. The number of ether oxygens (including phenoxy) is 1. The molecule has 0 amide bonds. The van der Waals surface area contributed by atoms with Crippen LogP contribution in [-0.2, 0) is 14.8 Å². The first-order valence-electron chi connectivity index (χ1n) is 12.8. The fraction of sp³-hybridized carbons (Fsp3) is 0.480. The smallest absolute Gasteiger partial charge is 0.296 e. The molecule has 1 aliphatic carbocycles. The second-order valence-corrected chi connectivity index (χ2v) is 11.7. The molecule has 38 heavy (non-hydrogen) atoms. The zero-order chi connectivity index (χ0) is 26.3. The molecule has 3 aromatic rings. The zero-order valence-corrected chi connectivity index (χ0v) is 21.5. The summed E-state index contributed by atoms with van der Waals surface area (Å²) in [5.74, 6) is 0.971. The van der Waals surface area contributed by atoms with E-state index in [0.717, 1.165) is 12.8 Å². The summed E-state index contributed by atoms with van der Waals surface area (Å²) in [5.41, 5.74) is 1.01. The van der Waals surface area contributed by atoms with Crippen LogP contribution in [0.5, 0.6) is 0 Å². The first kappa shape index (κ1) is 25.0. The number of morpholine rings is 1. The third-order valence-electron chi connectivity index (χ3n) is 7.32. The summed E-state index contributed by atoms with van der Waals surface area (Å²) in [7, 11) is -3.25. The molecule has 10 nitrogen and oxygen atoms in total. The molecule has 0 spiro atoms. The van der Waals surface area contributed by atoms with Gasteiger partial charge in [-0.2, -0.15) is 9.97 Å². The van der Waals surface area contributed by atoms with Gasteiger partial charge >= 0.3 is 0 Å². The lowest BCUT2D eigenvalue weighted by molar-refractivity contribution is 0.122. The molecule has 2 aliphatic heterocycles. The maximum atomic E-state index is 14.1. The molecular formula is C25H29F2N7O3S. The number of fused-ring (bicyclic) bond motifs is 1. The molecule has 13 heteroatoms. The molecule has 202 valence electrons. The van der Waals surface area contributed by atoms with Gasteiger partial charge in [0, 0.05) is 37.4 Å². The van der Waals surface area contributed by atoms with Crippen LogP contribution in [0.4, 0.5) is 20.5 Å². The summed E-state index contributed by atoms with van der Waals surface area (Å²) in [6.07, 6.45) is 3.46. The van der Waals surface area contributed by atoms with Gasteiger partial charge in [-0.3, -0.25) is 8.87 Å². The molecule has 6 rings (SSSR count). The number of halogens is 2. The Hall–Kier alpha value is -3.32. The Morgan fingerprint density at radius 1 is 1.00 bits per heavy atom. The molecule has 3 aliphatic rings. The molecule has 1 saturated carbocycles. The summed E-state index contributed by atoms with van der Waals surface area (Å²) >= 11 is 0. The highest BCUT2D eigenvalue weighted by molar-refractivity contribution is 7.89. The number of alkyl halides is 2. The first-order chi connectivity index (χ1) is 18.4.